The summed E-state index contributed by atoms with van der Waals surface area (Å²) in [7, 11) is 1.68. The van der Waals surface area contributed by atoms with Crippen LogP contribution in [0.25, 0.3) is 0 Å². The molecule has 1 rings (SSSR count). The van der Waals surface area contributed by atoms with E-state index in [9.17, 15) is 4.79 Å². The largest absolute Gasteiger partial charge is 0.372 e. The molecule has 0 aliphatic carbocycles. The number of carbonyl (C=O) groups excluding carboxylic acids is 1. The first-order valence-corrected chi connectivity index (χ1v) is 3.41. The first kappa shape index (κ1) is 8.00. The van der Waals surface area contributed by atoms with Crippen LogP contribution in [-0.2, 0) is 0 Å². The van der Waals surface area contributed by atoms with Gasteiger partial charge in [0.2, 0.25) is 0 Å². The highest BCUT2D eigenvalue weighted by Crippen LogP contribution is 2.09. The van der Waals surface area contributed by atoms with Crippen LogP contribution in [0.4, 0.5) is 5.82 Å². The van der Waals surface area contributed by atoms with Gasteiger partial charge in [-0.15, -0.1) is 12.6 Å². The molecule has 0 saturated carbocycles. The van der Waals surface area contributed by atoms with E-state index in [2.05, 4.69) is 27.9 Å². The van der Waals surface area contributed by atoms with E-state index in [0.29, 0.717) is 22.8 Å². The number of rotatable bonds is 2. The summed E-state index contributed by atoms with van der Waals surface area (Å²) in [5.41, 5.74) is 0.435. The molecule has 0 radical (unpaired) electrons. The van der Waals surface area contributed by atoms with Crippen molar-refractivity contribution in [1.82, 2.24) is 9.97 Å². The van der Waals surface area contributed by atoms with Gasteiger partial charge in [-0.2, -0.15) is 0 Å². The third-order valence-electron chi connectivity index (χ3n) is 1.17. The molecule has 0 aliphatic heterocycles. The summed E-state index contributed by atoms with van der Waals surface area (Å²) in [6.45, 7) is 0. The zero-order chi connectivity index (χ0) is 8.27. The SMILES string of the molecule is CNc1nc(S)ncc1C=O. The van der Waals surface area contributed by atoms with E-state index in [1.807, 2.05) is 0 Å². The van der Waals surface area contributed by atoms with Crippen LogP contribution in [0.5, 0.6) is 0 Å². The fraction of sp³-hybridized carbons (Fsp3) is 0.167. The average molecular weight is 169 g/mol. The van der Waals surface area contributed by atoms with Gasteiger partial charge in [0.05, 0.1) is 5.56 Å². The van der Waals surface area contributed by atoms with Crippen LogP contribution >= 0.6 is 12.6 Å². The number of nitrogens with zero attached hydrogens (tertiary/aromatic N) is 2. The van der Waals surface area contributed by atoms with Gasteiger partial charge in [-0.1, -0.05) is 0 Å². The topological polar surface area (TPSA) is 54.9 Å². The Hall–Kier alpha value is -1.10. The fourth-order valence-electron chi connectivity index (χ4n) is 0.668. The van der Waals surface area contributed by atoms with E-state index in [4.69, 9.17) is 0 Å². The van der Waals surface area contributed by atoms with E-state index < -0.39 is 0 Å². The quantitative estimate of drug-likeness (QED) is 0.387. The number of anilines is 1. The molecule has 0 aromatic carbocycles. The number of thiol groups is 1. The van der Waals surface area contributed by atoms with Gasteiger partial charge < -0.3 is 5.32 Å². The molecule has 0 bridgehead atoms. The lowest BCUT2D eigenvalue weighted by atomic mass is 10.3. The molecular formula is C6H7N3OS. The van der Waals surface area contributed by atoms with Crippen molar-refractivity contribution in [2.24, 2.45) is 0 Å². The summed E-state index contributed by atoms with van der Waals surface area (Å²) < 4.78 is 0. The molecule has 0 saturated heterocycles. The van der Waals surface area contributed by atoms with Crippen molar-refractivity contribution in [2.75, 3.05) is 12.4 Å². The Kier molecular flexibility index (Phi) is 2.43. The van der Waals surface area contributed by atoms with Crippen LogP contribution in [-0.4, -0.2) is 23.3 Å². The molecule has 1 N–H and O–H groups in total. The summed E-state index contributed by atoms with van der Waals surface area (Å²) in [5.74, 6) is 0.500. The normalized spacial score (nSPS) is 9.27. The van der Waals surface area contributed by atoms with E-state index in [-0.39, 0.29) is 0 Å². The van der Waals surface area contributed by atoms with Gasteiger partial charge in [0, 0.05) is 13.2 Å². The molecule has 0 unspecified atom stereocenters. The van der Waals surface area contributed by atoms with Crippen molar-refractivity contribution in [3.63, 3.8) is 0 Å². The summed E-state index contributed by atoms with van der Waals surface area (Å²) >= 11 is 3.92. The Morgan fingerprint density at radius 1 is 1.73 bits per heavy atom. The predicted octanol–water partition coefficient (Wildman–Crippen LogP) is 0.619. The molecular weight excluding hydrogens is 162 g/mol. The maximum Gasteiger partial charge on any atom is 0.186 e. The summed E-state index contributed by atoms with van der Waals surface area (Å²) in [6.07, 6.45) is 2.12. The van der Waals surface area contributed by atoms with Crippen LogP contribution in [0.2, 0.25) is 0 Å². The maximum atomic E-state index is 10.4. The lowest BCUT2D eigenvalue weighted by Crippen LogP contribution is -1.99. The van der Waals surface area contributed by atoms with E-state index in [1.165, 1.54) is 6.20 Å². The molecule has 1 aromatic rings. The number of nitrogens with one attached hydrogen (secondary N) is 1. The molecule has 0 fully saturated rings. The van der Waals surface area contributed by atoms with Gasteiger partial charge in [-0.25, -0.2) is 9.97 Å². The second-order valence-corrected chi connectivity index (χ2v) is 2.24. The smallest absolute Gasteiger partial charge is 0.186 e. The van der Waals surface area contributed by atoms with Crippen molar-refractivity contribution < 1.29 is 4.79 Å². The summed E-state index contributed by atoms with van der Waals surface area (Å²) in [6, 6.07) is 0. The Morgan fingerprint density at radius 2 is 2.45 bits per heavy atom. The number of hydrogen-bond acceptors (Lipinski definition) is 5. The predicted molar refractivity (Wildman–Crippen MR) is 44.2 cm³/mol. The lowest BCUT2D eigenvalue weighted by Gasteiger charge is -2.00. The Labute approximate surface area is 69.5 Å². The first-order chi connectivity index (χ1) is 5.27. The van der Waals surface area contributed by atoms with Crippen molar-refractivity contribution in [1.29, 1.82) is 0 Å². The van der Waals surface area contributed by atoms with Crippen LogP contribution in [0.1, 0.15) is 10.4 Å². The van der Waals surface area contributed by atoms with Gasteiger partial charge in [-0.05, 0) is 0 Å². The molecule has 11 heavy (non-hydrogen) atoms. The van der Waals surface area contributed by atoms with Crippen molar-refractivity contribution in [3.05, 3.63) is 11.8 Å². The van der Waals surface area contributed by atoms with Crippen LogP contribution in [0.15, 0.2) is 11.4 Å². The monoisotopic (exact) mass is 169 g/mol. The van der Waals surface area contributed by atoms with Crippen molar-refractivity contribution in [3.8, 4) is 0 Å². The minimum atomic E-state index is 0.347. The lowest BCUT2D eigenvalue weighted by molar-refractivity contribution is 0.112. The number of aldehydes is 1. The zero-order valence-corrected chi connectivity index (χ0v) is 6.80. The fourth-order valence-corrected chi connectivity index (χ4v) is 0.826. The standard InChI is InChI=1S/C6H7N3OS/c1-7-5-4(3-10)2-8-6(11)9-5/h2-3H,1H3,(H2,7,8,9,11). The third-order valence-corrected chi connectivity index (χ3v) is 1.38. The zero-order valence-electron chi connectivity index (χ0n) is 5.90. The second kappa shape index (κ2) is 3.34. The van der Waals surface area contributed by atoms with Gasteiger partial charge in [0.15, 0.2) is 11.4 Å². The van der Waals surface area contributed by atoms with Gasteiger partial charge in [-0.3, -0.25) is 4.79 Å². The first-order valence-electron chi connectivity index (χ1n) is 2.97. The molecule has 0 amide bonds. The Morgan fingerprint density at radius 3 is 3.00 bits per heavy atom. The molecule has 0 aliphatic rings. The van der Waals surface area contributed by atoms with Gasteiger partial charge >= 0.3 is 0 Å². The second-order valence-electron chi connectivity index (χ2n) is 1.84. The van der Waals surface area contributed by atoms with Gasteiger partial charge in [0.25, 0.3) is 0 Å². The molecule has 4 nitrogen and oxygen atoms in total. The van der Waals surface area contributed by atoms with Crippen LogP contribution in [0.3, 0.4) is 0 Å². The van der Waals surface area contributed by atoms with E-state index >= 15 is 0 Å². The Bertz CT molecular complexity index is 277. The third kappa shape index (κ3) is 1.68. The average Bonchev–Trinajstić information content (AvgIpc) is 2.04. The molecule has 0 spiro atoms. The van der Waals surface area contributed by atoms with Gasteiger partial charge in [0.1, 0.15) is 5.82 Å². The minimum Gasteiger partial charge on any atom is -0.372 e. The molecule has 0 atom stereocenters. The molecule has 5 heteroatoms. The van der Waals surface area contributed by atoms with E-state index in [1.54, 1.807) is 7.05 Å². The molecule has 1 heterocycles. The van der Waals surface area contributed by atoms with Crippen molar-refractivity contribution >= 4 is 24.7 Å². The summed E-state index contributed by atoms with van der Waals surface area (Å²) in [4.78, 5) is 18.0. The molecule has 58 valence electrons. The minimum absolute atomic E-state index is 0.347. The maximum absolute atomic E-state index is 10.4. The van der Waals surface area contributed by atoms with Crippen molar-refractivity contribution in [2.45, 2.75) is 5.16 Å². The highest BCUT2D eigenvalue weighted by atomic mass is 32.1. The summed E-state index contributed by atoms with van der Waals surface area (Å²) in [5, 5.41) is 3.10. The highest BCUT2D eigenvalue weighted by Gasteiger charge is 2.01. The number of aromatic nitrogens is 2. The Balaban J connectivity index is 3.16. The number of carbonyl (C=O) groups is 1. The molecule has 1 aromatic heterocycles. The number of hydrogen-bond donors (Lipinski definition) is 2. The van der Waals surface area contributed by atoms with Crippen LogP contribution in [0, 0.1) is 0 Å². The van der Waals surface area contributed by atoms with Crippen LogP contribution < -0.4 is 5.32 Å². The highest BCUT2D eigenvalue weighted by molar-refractivity contribution is 7.80. The van der Waals surface area contributed by atoms with E-state index in [0.717, 1.165) is 0 Å².